The highest BCUT2D eigenvalue weighted by Gasteiger charge is 2.22. The molecule has 0 aliphatic heterocycles. The van der Waals surface area contributed by atoms with E-state index < -0.39 is 47.1 Å². The van der Waals surface area contributed by atoms with Gasteiger partial charge in [-0.05, 0) is 107 Å². The summed E-state index contributed by atoms with van der Waals surface area (Å²) in [5.74, 6) is -4.02. The van der Waals surface area contributed by atoms with E-state index in [0.29, 0.717) is 11.4 Å². The predicted molar refractivity (Wildman–Crippen MR) is 210 cm³/mol. The molecule has 0 radical (unpaired) electrons. The lowest BCUT2D eigenvalue weighted by atomic mass is 10.1. The molecular weight excluding hydrogens is 739 g/mol. The van der Waals surface area contributed by atoms with E-state index in [2.05, 4.69) is 21.3 Å². The zero-order valence-corrected chi connectivity index (χ0v) is 32.8. The van der Waals surface area contributed by atoms with E-state index in [1.165, 1.54) is 22.7 Å². The van der Waals surface area contributed by atoms with Crippen LogP contribution >= 0.6 is 22.7 Å². The van der Waals surface area contributed by atoms with Crippen LogP contribution in [0.4, 0.5) is 32.3 Å². The van der Waals surface area contributed by atoms with Crippen molar-refractivity contribution in [3.63, 3.8) is 0 Å². The Balaban J connectivity index is 0.000000358. The summed E-state index contributed by atoms with van der Waals surface area (Å²) >= 11 is 3.05. The minimum Gasteiger partial charge on any atom is -0.459 e. The summed E-state index contributed by atoms with van der Waals surface area (Å²) in [6, 6.07) is 17.8. The molecule has 4 rings (SSSR count). The lowest BCUT2D eigenvalue weighted by molar-refractivity contribution is -0.152. The number of nitrogens with one attached hydrogen (secondary N) is 4. The van der Waals surface area contributed by atoms with Crippen LogP contribution < -0.4 is 27.0 Å². The fraction of sp³-hybridized carbons (Fsp3) is 0.297. The first-order chi connectivity index (χ1) is 25.3. The molecule has 2 heterocycles. The van der Waals surface area contributed by atoms with Crippen molar-refractivity contribution < 1.29 is 48.1 Å². The zero-order chi connectivity index (χ0) is 40.6. The van der Waals surface area contributed by atoms with Gasteiger partial charge >= 0.3 is 35.9 Å². The zero-order valence-electron chi connectivity index (χ0n) is 31.2. The Labute approximate surface area is 321 Å². The van der Waals surface area contributed by atoms with E-state index in [1.54, 1.807) is 84.9 Å². The maximum atomic E-state index is 12.1. The van der Waals surface area contributed by atoms with E-state index >= 15 is 0 Å². The average molecular weight is 784 g/mol. The van der Waals surface area contributed by atoms with Gasteiger partial charge in [0.2, 0.25) is 0 Å². The minimum atomic E-state index is -1.12. The molecule has 0 atom stereocenters. The molecule has 0 saturated carbocycles. The summed E-state index contributed by atoms with van der Waals surface area (Å²) in [7, 11) is 1.00. The molecule has 0 bridgehead atoms. The van der Waals surface area contributed by atoms with Crippen molar-refractivity contribution in [2.75, 3.05) is 35.0 Å². The Morgan fingerprint density at radius 1 is 0.630 bits per heavy atom. The molecular formula is C37H45N5O10S2. The van der Waals surface area contributed by atoms with Gasteiger partial charge in [0.1, 0.15) is 11.2 Å². The van der Waals surface area contributed by atoms with Crippen molar-refractivity contribution in [3.05, 3.63) is 71.4 Å². The van der Waals surface area contributed by atoms with Gasteiger partial charge in [-0.25, -0.2) is 14.4 Å². The summed E-state index contributed by atoms with van der Waals surface area (Å²) in [6.07, 6.45) is -1.34. The molecule has 0 unspecified atom stereocenters. The van der Waals surface area contributed by atoms with E-state index in [4.69, 9.17) is 25.1 Å². The summed E-state index contributed by atoms with van der Waals surface area (Å²) in [5.41, 5.74) is 6.43. The third kappa shape index (κ3) is 15.1. The lowest BCUT2D eigenvalue weighted by Gasteiger charge is -2.20. The Bertz CT molecular complexity index is 1900. The van der Waals surface area contributed by atoms with E-state index in [0.717, 1.165) is 28.0 Å². The van der Waals surface area contributed by atoms with Crippen LogP contribution in [0.2, 0.25) is 0 Å². The molecule has 2 aromatic heterocycles. The molecule has 5 amide bonds. The van der Waals surface area contributed by atoms with Gasteiger partial charge in [-0.15, -0.1) is 22.7 Å². The third-order valence-corrected chi connectivity index (χ3v) is 7.94. The molecule has 0 spiro atoms. The summed E-state index contributed by atoms with van der Waals surface area (Å²) in [4.78, 5) is 72.4. The first-order valence-corrected chi connectivity index (χ1v) is 18.0. The SMILES string of the molecule is CC(C)(C)OC(=O)Nc1ccc(-c2cccs2)cc1NC(=O)C(N)=O.CCOC(=O)C(=O)Nc1cc(-c2cccs2)ccc1NC(=O)OC(C)(C)C.CO. The Morgan fingerprint density at radius 2 is 1.04 bits per heavy atom. The number of carbonyl (C=O) groups is 6. The number of ether oxygens (including phenoxy) is 3. The molecule has 2 aromatic carbocycles. The van der Waals surface area contributed by atoms with Crippen molar-refractivity contribution in [1.29, 1.82) is 0 Å². The smallest absolute Gasteiger partial charge is 0.412 e. The van der Waals surface area contributed by atoms with Gasteiger partial charge in [0.25, 0.3) is 0 Å². The molecule has 0 aliphatic carbocycles. The molecule has 0 aliphatic rings. The second kappa shape index (κ2) is 20.5. The molecule has 290 valence electrons. The molecule has 15 nitrogen and oxygen atoms in total. The van der Waals surface area contributed by atoms with Crippen molar-refractivity contribution in [2.45, 2.75) is 59.7 Å². The van der Waals surface area contributed by atoms with Crippen LogP contribution in [0.25, 0.3) is 20.9 Å². The van der Waals surface area contributed by atoms with Gasteiger partial charge in [0.05, 0.1) is 29.4 Å². The number of amides is 5. The maximum absolute atomic E-state index is 12.1. The molecule has 54 heavy (non-hydrogen) atoms. The number of aliphatic hydroxyl groups excluding tert-OH is 1. The fourth-order valence-corrected chi connectivity index (χ4v) is 5.53. The number of nitrogens with two attached hydrogens (primary N) is 1. The van der Waals surface area contributed by atoms with Crippen LogP contribution in [0.1, 0.15) is 48.5 Å². The van der Waals surface area contributed by atoms with Gasteiger partial charge in [-0.3, -0.25) is 25.0 Å². The number of esters is 1. The average Bonchev–Trinajstić information content (AvgIpc) is 3.82. The van der Waals surface area contributed by atoms with E-state index in [9.17, 15) is 28.8 Å². The third-order valence-electron chi connectivity index (χ3n) is 6.10. The van der Waals surface area contributed by atoms with Crippen LogP contribution in [0.15, 0.2) is 71.4 Å². The van der Waals surface area contributed by atoms with Crippen LogP contribution in [-0.2, 0) is 33.4 Å². The van der Waals surface area contributed by atoms with Gasteiger partial charge in [0, 0.05) is 16.9 Å². The molecule has 0 fully saturated rings. The number of aliphatic hydroxyl groups is 1. The number of primary amides is 1. The highest BCUT2D eigenvalue weighted by atomic mass is 32.1. The fourth-order valence-electron chi connectivity index (χ4n) is 4.09. The largest absolute Gasteiger partial charge is 0.459 e. The number of rotatable bonds is 7. The number of hydrogen-bond donors (Lipinski definition) is 6. The van der Waals surface area contributed by atoms with Crippen LogP contribution in [0.3, 0.4) is 0 Å². The van der Waals surface area contributed by atoms with Gasteiger partial charge < -0.3 is 35.7 Å². The second-order valence-corrected chi connectivity index (χ2v) is 14.6. The van der Waals surface area contributed by atoms with Crippen LogP contribution in [-0.4, -0.2) is 65.9 Å². The van der Waals surface area contributed by atoms with Crippen LogP contribution in [0, 0.1) is 0 Å². The van der Waals surface area contributed by atoms with Crippen molar-refractivity contribution in [3.8, 4) is 20.9 Å². The Hall–Kier alpha value is -5.78. The Kier molecular flexibility index (Phi) is 16.8. The number of anilines is 4. The van der Waals surface area contributed by atoms with E-state index in [-0.39, 0.29) is 18.0 Å². The maximum Gasteiger partial charge on any atom is 0.412 e. The van der Waals surface area contributed by atoms with Gasteiger partial charge in [-0.1, -0.05) is 24.3 Å². The first-order valence-electron chi connectivity index (χ1n) is 16.2. The van der Waals surface area contributed by atoms with Crippen LogP contribution in [0.5, 0.6) is 0 Å². The number of thiophene rings is 2. The highest BCUT2D eigenvalue weighted by Crippen LogP contribution is 2.33. The number of benzene rings is 2. The minimum absolute atomic E-state index is 0.0878. The molecule has 0 saturated heterocycles. The Morgan fingerprint density at radius 3 is 1.37 bits per heavy atom. The molecule has 7 N–H and O–H groups in total. The summed E-state index contributed by atoms with van der Waals surface area (Å²) in [5, 5.41) is 20.9. The lowest BCUT2D eigenvalue weighted by Crippen LogP contribution is -2.30. The quantitative estimate of drug-likeness (QED) is 0.0636. The summed E-state index contributed by atoms with van der Waals surface area (Å²) < 4.78 is 15.1. The van der Waals surface area contributed by atoms with Crippen molar-refractivity contribution >= 4 is 81.3 Å². The monoisotopic (exact) mass is 783 g/mol. The standard InChI is InChI=1S/C19H22N2O5S.C17H19N3O4S.CH4O/c1-5-25-17(23)16(22)20-14-11-12(15-7-6-10-27-15)8-9-13(14)21-18(24)26-19(2,3)4;1-17(2,3)24-16(23)20-11-7-6-10(13-5-4-8-25-13)9-12(11)19-15(22)14(18)21;1-2/h6-11H,5H2,1-4H3,(H,20,22)(H,21,24);4-9H,1-3H3,(H2,18,21)(H,19,22)(H,20,23);2H,1H3. The summed E-state index contributed by atoms with van der Waals surface area (Å²) in [6.45, 7) is 12.1. The number of carbonyl (C=O) groups excluding carboxylic acids is 6. The van der Waals surface area contributed by atoms with E-state index in [1.807, 2.05) is 35.0 Å². The van der Waals surface area contributed by atoms with Gasteiger partial charge in [0.15, 0.2) is 0 Å². The normalized spacial score (nSPS) is 10.5. The predicted octanol–water partition coefficient (Wildman–Crippen LogP) is 7.06. The molecule has 17 heteroatoms. The molecule has 4 aromatic rings. The van der Waals surface area contributed by atoms with Crippen molar-refractivity contribution in [1.82, 2.24) is 0 Å². The van der Waals surface area contributed by atoms with Crippen molar-refractivity contribution in [2.24, 2.45) is 5.73 Å². The number of hydrogen-bond acceptors (Lipinski definition) is 12. The van der Waals surface area contributed by atoms with Gasteiger partial charge in [-0.2, -0.15) is 0 Å². The first kappa shape index (κ1) is 44.4. The topological polar surface area (TPSA) is 224 Å². The second-order valence-electron chi connectivity index (χ2n) is 12.7. The highest BCUT2D eigenvalue weighted by molar-refractivity contribution is 7.13.